The Morgan fingerprint density at radius 2 is 2.00 bits per heavy atom. The number of ether oxygens (including phenoxy) is 1. The van der Waals surface area contributed by atoms with Crippen molar-refractivity contribution in [3.63, 3.8) is 0 Å². The van der Waals surface area contributed by atoms with Crippen molar-refractivity contribution in [2.75, 3.05) is 6.61 Å². The average molecular weight is 196 g/mol. The molecular formula is C13H24O. The smallest absolute Gasteiger partial charge is 0.0658 e. The molecule has 1 fully saturated rings. The molecule has 0 aromatic heterocycles. The van der Waals surface area contributed by atoms with Gasteiger partial charge in [0.1, 0.15) is 0 Å². The van der Waals surface area contributed by atoms with Crippen molar-refractivity contribution in [1.82, 2.24) is 0 Å². The molecule has 0 bridgehead atoms. The molecule has 3 atom stereocenters. The van der Waals surface area contributed by atoms with Gasteiger partial charge in [-0.05, 0) is 30.1 Å². The zero-order valence-electron chi connectivity index (χ0n) is 10.0. The zero-order valence-corrected chi connectivity index (χ0v) is 10.0. The van der Waals surface area contributed by atoms with E-state index in [2.05, 4.69) is 34.3 Å². The van der Waals surface area contributed by atoms with Crippen LogP contribution in [0.1, 0.15) is 40.5 Å². The lowest BCUT2D eigenvalue weighted by molar-refractivity contribution is -0.0956. The fraction of sp³-hybridized carbons (Fsp3) is 0.846. The van der Waals surface area contributed by atoms with E-state index < -0.39 is 0 Å². The lowest BCUT2D eigenvalue weighted by atomic mass is 9.64. The van der Waals surface area contributed by atoms with Gasteiger partial charge in [-0.25, -0.2) is 0 Å². The van der Waals surface area contributed by atoms with Gasteiger partial charge in [0.2, 0.25) is 0 Å². The maximum Gasteiger partial charge on any atom is 0.0658 e. The van der Waals surface area contributed by atoms with Crippen molar-refractivity contribution in [1.29, 1.82) is 0 Å². The van der Waals surface area contributed by atoms with Gasteiger partial charge in [-0.15, -0.1) is 6.58 Å². The summed E-state index contributed by atoms with van der Waals surface area (Å²) in [6.45, 7) is 13.7. The van der Waals surface area contributed by atoms with Gasteiger partial charge in [0, 0.05) is 0 Å². The third kappa shape index (κ3) is 2.20. The summed E-state index contributed by atoms with van der Waals surface area (Å²) < 4.78 is 5.91. The molecule has 1 rings (SSSR count). The zero-order chi connectivity index (χ0) is 10.8. The second-order valence-corrected chi connectivity index (χ2v) is 5.32. The van der Waals surface area contributed by atoms with Crippen LogP contribution in [0.25, 0.3) is 0 Å². The molecule has 0 N–H and O–H groups in total. The average Bonchev–Trinajstić information content (AvgIpc) is 2.12. The summed E-state index contributed by atoms with van der Waals surface area (Å²) >= 11 is 0. The summed E-state index contributed by atoms with van der Waals surface area (Å²) in [5, 5.41) is 0. The molecule has 1 aliphatic rings. The summed E-state index contributed by atoms with van der Waals surface area (Å²) in [6, 6.07) is 0. The first-order chi connectivity index (χ1) is 6.50. The molecule has 1 aliphatic carbocycles. The Hall–Kier alpha value is -0.300. The fourth-order valence-electron chi connectivity index (χ4n) is 2.60. The first-order valence-electron chi connectivity index (χ1n) is 5.72. The van der Waals surface area contributed by atoms with Crippen molar-refractivity contribution in [3.05, 3.63) is 12.7 Å². The third-order valence-electron chi connectivity index (χ3n) is 3.97. The van der Waals surface area contributed by atoms with Crippen molar-refractivity contribution in [3.8, 4) is 0 Å². The molecule has 82 valence electrons. The van der Waals surface area contributed by atoms with Gasteiger partial charge in [-0.3, -0.25) is 0 Å². The third-order valence-corrected chi connectivity index (χ3v) is 3.97. The van der Waals surface area contributed by atoms with Gasteiger partial charge in [-0.2, -0.15) is 0 Å². The van der Waals surface area contributed by atoms with Crippen molar-refractivity contribution in [2.45, 2.75) is 46.6 Å². The van der Waals surface area contributed by atoms with Crippen LogP contribution in [0.2, 0.25) is 0 Å². The molecule has 1 nitrogen and oxygen atoms in total. The highest BCUT2D eigenvalue weighted by Gasteiger charge is 2.42. The van der Waals surface area contributed by atoms with Crippen LogP contribution in [0.4, 0.5) is 0 Å². The Morgan fingerprint density at radius 3 is 2.57 bits per heavy atom. The van der Waals surface area contributed by atoms with Crippen molar-refractivity contribution < 1.29 is 4.74 Å². The van der Waals surface area contributed by atoms with Crippen LogP contribution < -0.4 is 0 Å². The van der Waals surface area contributed by atoms with Crippen molar-refractivity contribution in [2.24, 2.45) is 17.3 Å². The van der Waals surface area contributed by atoms with Gasteiger partial charge in [0.05, 0.1) is 12.7 Å². The second-order valence-electron chi connectivity index (χ2n) is 5.32. The second kappa shape index (κ2) is 4.48. The number of hydrogen-bond acceptors (Lipinski definition) is 1. The molecule has 0 unspecified atom stereocenters. The predicted molar refractivity (Wildman–Crippen MR) is 61.3 cm³/mol. The van der Waals surface area contributed by atoms with Crippen LogP contribution in [-0.4, -0.2) is 12.7 Å². The summed E-state index contributed by atoms with van der Waals surface area (Å²) in [5.74, 6) is 1.44. The molecule has 0 radical (unpaired) electrons. The molecule has 0 spiro atoms. The van der Waals surface area contributed by atoms with E-state index in [0.29, 0.717) is 24.0 Å². The Labute approximate surface area is 88.5 Å². The quantitative estimate of drug-likeness (QED) is 0.626. The minimum absolute atomic E-state index is 0.306. The highest BCUT2D eigenvalue weighted by molar-refractivity contribution is 4.92. The van der Waals surface area contributed by atoms with E-state index in [-0.39, 0.29) is 0 Å². The molecule has 0 aliphatic heterocycles. The Bertz CT molecular complexity index is 195. The standard InChI is InChI=1S/C13H24O/c1-6-9-14-12-10(2)7-8-11(3)13(12,4)5/h6,10-12H,1,7-9H2,2-5H3/t10-,11-,12+/m0/s1. The summed E-state index contributed by atoms with van der Waals surface area (Å²) in [7, 11) is 0. The molecule has 0 heterocycles. The van der Waals surface area contributed by atoms with Gasteiger partial charge in [-0.1, -0.05) is 33.8 Å². The Kier molecular flexibility index (Phi) is 3.77. The van der Waals surface area contributed by atoms with Crippen LogP contribution in [0.15, 0.2) is 12.7 Å². The fourth-order valence-corrected chi connectivity index (χ4v) is 2.60. The number of hydrogen-bond donors (Lipinski definition) is 0. The minimum Gasteiger partial charge on any atom is -0.373 e. The molecule has 14 heavy (non-hydrogen) atoms. The predicted octanol–water partition coefficient (Wildman–Crippen LogP) is 3.65. The van der Waals surface area contributed by atoms with Gasteiger partial charge >= 0.3 is 0 Å². The maximum atomic E-state index is 5.91. The highest BCUT2D eigenvalue weighted by Crippen LogP contribution is 2.44. The van der Waals surface area contributed by atoms with Crippen LogP contribution in [0.5, 0.6) is 0 Å². The van der Waals surface area contributed by atoms with Crippen LogP contribution in [0.3, 0.4) is 0 Å². The van der Waals surface area contributed by atoms with Crippen LogP contribution >= 0.6 is 0 Å². The minimum atomic E-state index is 0.306. The summed E-state index contributed by atoms with van der Waals surface area (Å²) in [4.78, 5) is 0. The lowest BCUT2D eigenvalue weighted by Crippen LogP contribution is -2.45. The largest absolute Gasteiger partial charge is 0.373 e. The van der Waals surface area contributed by atoms with E-state index >= 15 is 0 Å². The topological polar surface area (TPSA) is 9.23 Å². The monoisotopic (exact) mass is 196 g/mol. The van der Waals surface area contributed by atoms with Gasteiger partial charge < -0.3 is 4.74 Å². The van der Waals surface area contributed by atoms with E-state index in [1.807, 2.05) is 6.08 Å². The van der Waals surface area contributed by atoms with Crippen LogP contribution in [-0.2, 0) is 4.74 Å². The van der Waals surface area contributed by atoms with E-state index in [4.69, 9.17) is 4.74 Å². The van der Waals surface area contributed by atoms with Gasteiger partial charge in [0.25, 0.3) is 0 Å². The lowest BCUT2D eigenvalue weighted by Gasteiger charge is -2.46. The summed E-state index contributed by atoms with van der Waals surface area (Å²) in [6.07, 6.45) is 4.88. The number of rotatable bonds is 3. The Balaban J connectivity index is 2.69. The Morgan fingerprint density at radius 1 is 1.36 bits per heavy atom. The van der Waals surface area contributed by atoms with E-state index in [9.17, 15) is 0 Å². The molecule has 1 heteroatoms. The van der Waals surface area contributed by atoms with E-state index in [1.54, 1.807) is 0 Å². The SMILES string of the molecule is C=CCO[C@@H]1[C@@H](C)CC[C@H](C)C1(C)C. The maximum absolute atomic E-state index is 5.91. The first kappa shape index (κ1) is 11.8. The molecule has 1 saturated carbocycles. The normalized spacial score (nSPS) is 36.7. The highest BCUT2D eigenvalue weighted by atomic mass is 16.5. The molecule has 0 saturated heterocycles. The van der Waals surface area contributed by atoms with Crippen molar-refractivity contribution >= 4 is 0 Å². The molecular weight excluding hydrogens is 172 g/mol. The molecule has 0 aromatic carbocycles. The van der Waals surface area contributed by atoms with Crippen LogP contribution in [0, 0.1) is 17.3 Å². The first-order valence-corrected chi connectivity index (χ1v) is 5.72. The summed E-state index contributed by atoms with van der Waals surface area (Å²) in [5.41, 5.74) is 0.306. The van der Waals surface area contributed by atoms with Gasteiger partial charge in [0.15, 0.2) is 0 Å². The molecule has 0 aromatic rings. The van der Waals surface area contributed by atoms with E-state index in [1.165, 1.54) is 12.8 Å². The molecule has 0 amide bonds. The van der Waals surface area contributed by atoms with E-state index in [0.717, 1.165) is 5.92 Å².